The Balaban J connectivity index is 1.99. The average Bonchev–Trinajstić information content (AvgIpc) is 2.45. The van der Waals surface area contributed by atoms with Crippen molar-refractivity contribution in [3.63, 3.8) is 0 Å². The molecular weight excluding hydrogens is 252 g/mol. The van der Waals surface area contributed by atoms with Crippen LogP contribution in [-0.4, -0.2) is 17.6 Å². The van der Waals surface area contributed by atoms with E-state index in [2.05, 4.69) is 5.32 Å². The Kier molecular flexibility index (Phi) is 4.38. The molecule has 2 aromatic carbocycles. The standard InChI is InChI=1S/C16H18N2O2/c1-11-7-8-13(15(19)9-11)16(20)18-10-14(17)12-5-3-2-4-6-12/h2-9,14,19H,10,17H2,1H3,(H,18,20). The summed E-state index contributed by atoms with van der Waals surface area (Å²) in [5.74, 6) is -0.343. The Morgan fingerprint density at radius 1 is 1.25 bits per heavy atom. The fraction of sp³-hybridized carbons (Fsp3) is 0.188. The third-order valence-electron chi connectivity index (χ3n) is 3.11. The topological polar surface area (TPSA) is 75.4 Å². The minimum absolute atomic E-state index is 0.0178. The van der Waals surface area contributed by atoms with Gasteiger partial charge in [0.25, 0.3) is 5.91 Å². The Bertz CT molecular complexity index is 597. The molecule has 0 aliphatic carbocycles. The molecule has 104 valence electrons. The van der Waals surface area contributed by atoms with Gasteiger partial charge < -0.3 is 16.2 Å². The highest BCUT2D eigenvalue weighted by Gasteiger charge is 2.12. The predicted molar refractivity (Wildman–Crippen MR) is 78.5 cm³/mol. The van der Waals surface area contributed by atoms with E-state index in [-0.39, 0.29) is 23.3 Å². The number of nitrogens with one attached hydrogen (secondary N) is 1. The van der Waals surface area contributed by atoms with E-state index in [9.17, 15) is 9.90 Å². The highest BCUT2D eigenvalue weighted by atomic mass is 16.3. The molecule has 0 aromatic heterocycles. The van der Waals surface area contributed by atoms with Gasteiger partial charge in [-0.05, 0) is 30.2 Å². The summed E-state index contributed by atoms with van der Waals surface area (Å²) in [5.41, 5.74) is 8.13. The lowest BCUT2D eigenvalue weighted by Gasteiger charge is -2.13. The van der Waals surface area contributed by atoms with Crippen LogP contribution < -0.4 is 11.1 Å². The third-order valence-corrected chi connectivity index (χ3v) is 3.11. The molecule has 1 atom stereocenters. The van der Waals surface area contributed by atoms with Crippen LogP contribution in [0.5, 0.6) is 5.75 Å². The molecular formula is C16H18N2O2. The number of amides is 1. The fourth-order valence-corrected chi connectivity index (χ4v) is 1.95. The fourth-order valence-electron chi connectivity index (χ4n) is 1.95. The highest BCUT2D eigenvalue weighted by Crippen LogP contribution is 2.18. The molecule has 0 radical (unpaired) electrons. The first-order valence-corrected chi connectivity index (χ1v) is 6.46. The van der Waals surface area contributed by atoms with Crippen LogP contribution in [0.2, 0.25) is 0 Å². The van der Waals surface area contributed by atoms with Crippen LogP contribution in [0.1, 0.15) is 27.5 Å². The number of phenolic OH excluding ortho intramolecular Hbond substituents is 1. The molecule has 2 rings (SSSR count). The van der Waals surface area contributed by atoms with Gasteiger partial charge in [0.2, 0.25) is 0 Å². The molecule has 0 fully saturated rings. The Morgan fingerprint density at radius 3 is 2.60 bits per heavy atom. The summed E-state index contributed by atoms with van der Waals surface area (Å²) in [6.07, 6.45) is 0. The maximum absolute atomic E-state index is 12.0. The lowest BCUT2D eigenvalue weighted by molar-refractivity contribution is 0.0948. The normalized spacial score (nSPS) is 11.9. The number of hydrogen-bond donors (Lipinski definition) is 3. The molecule has 0 aliphatic heterocycles. The summed E-state index contributed by atoms with van der Waals surface area (Å²) in [4.78, 5) is 12.0. The molecule has 0 saturated heterocycles. The molecule has 2 aromatic rings. The van der Waals surface area contributed by atoms with E-state index >= 15 is 0 Å². The quantitative estimate of drug-likeness (QED) is 0.796. The lowest BCUT2D eigenvalue weighted by atomic mass is 10.1. The number of carbonyl (C=O) groups excluding carboxylic acids is 1. The number of carbonyl (C=O) groups is 1. The molecule has 4 heteroatoms. The number of nitrogens with two attached hydrogens (primary N) is 1. The number of phenols is 1. The minimum Gasteiger partial charge on any atom is -0.507 e. The smallest absolute Gasteiger partial charge is 0.255 e. The van der Waals surface area contributed by atoms with E-state index in [4.69, 9.17) is 5.73 Å². The van der Waals surface area contributed by atoms with E-state index in [0.29, 0.717) is 6.54 Å². The van der Waals surface area contributed by atoms with Crippen molar-refractivity contribution in [1.29, 1.82) is 0 Å². The van der Waals surface area contributed by atoms with Crippen molar-refractivity contribution in [2.75, 3.05) is 6.54 Å². The molecule has 20 heavy (non-hydrogen) atoms. The Labute approximate surface area is 118 Å². The van der Waals surface area contributed by atoms with Crippen molar-refractivity contribution >= 4 is 5.91 Å². The molecule has 4 N–H and O–H groups in total. The zero-order valence-corrected chi connectivity index (χ0v) is 11.3. The van der Waals surface area contributed by atoms with Gasteiger partial charge in [-0.2, -0.15) is 0 Å². The van der Waals surface area contributed by atoms with Crippen molar-refractivity contribution in [1.82, 2.24) is 5.32 Å². The van der Waals surface area contributed by atoms with Crippen molar-refractivity contribution in [2.45, 2.75) is 13.0 Å². The van der Waals surface area contributed by atoms with Crippen molar-refractivity contribution < 1.29 is 9.90 Å². The van der Waals surface area contributed by atoms with Crippen LogP contribution >= 0.6 is 0 Å². The van der Waals surface area contributed by atoms with E-state index in [1.54, 1.807) is 18.2 Å². The number of aryl methyl sites for hydroxylation is 1. The van der Waals surface area contributed by atoms with Crippen LogP contribution in [0.15, 0.2) is 48.5 Å². The van der Waals surface area contributed by atoms with Crippen molar-refractivity contribution in [3.05, 3.63) is 65.2 Å². The van der Waals surface area contributed by atoms with Gasteiger partial charge in [0.1, 0.15) is 5.75 Å². The SMILES string of the molecule is Cc1ccc(C(=O)NCC(N)c2ccccc2)c(O)c1. The summed E-state index contributed by atoms with van der Waals surface area (Å²) in [6, 6.07) is 14.2. The van der Waals surface area contributed by atoms with Gasteiger partial charge in [-0.25, -0.2) is 0 Å². The zero-order valence-electron chi connectivity index (χ0n) is 11.3. The van der Waals surface area contributed by atoms with E-state index in [0.717, 1.165) is 11.1 Å². The van der Waals surface area contributed by atoms with E-state index < -0.39 is 0 Å². The number of aromatic hydroxyl groups is 1. The second kappa shape index (κ2) is 6.21. The molecule has 4 nitrogen and oxygen atoms in total. The van der Waals surface area contributed by atoms with Gasteiger partial charge in [0.15, 0.2) is 0 Å². The van der Waals surface area contributed by atoms with Gasteiger partial charge in [-0.3, -0.25) is 4.79 Å². The minimum atomic E-state index is -0.325. The Morgan fingerprint density at radius 2 is 1.95 bits per heavy atom. The van der Waals surface area contributed by atoms with Crippen LogP contribution in [0, 0.1) is 6.92 Å². The van der Waals surface area contributed by atoms with Gasteiger partial charge in [0.05, 0.1) is 5.56 Å². The van der Waals surface area contributed by atoms with Crippen LogP contribution in [-0.2, 0) is 0 Å². The van der Waals surface area contributed by atoms with Gasteiger partial charge >= 0.3 is 0 Å². The molecule has 0 bridgehead atoms. The summed E-state index contributed by atoms with van der Waals surface area (Å²) in [7, 11) is 0. The zero-order chi connectivity index (χ0) is 14.5. The number of hydrogen-bond acceptors (Lipinski definition) is 3. The molecule has 1 amide bonds. The van der Waals surface area contributed by atoms with E-state index in [1.807, 2.05) is 37.3 Å². The first kappa shape index (κ1) is 14.1. The Hall–Kier alpha value is -2.33. The summed E-state index contributed by atoms with van der Waals surface area (Å²) >= 11 is 0. The predicted octanol–water partition coefficient (Wildman–Crippen LogP) is 2.13. The highest BCUT2D eigenvalue weighted by molar-refractivity contribution is 5.96. The van der Waals surface area contributed by atoms with Crippen LogP contribution in [0.4, 0.5) is 0 Å². The molecule has 0 spiro atoms. The van der Waals surface area contributed by atoms with Crippen LogP contribution in [0.3, 0.4) is 0 Å². The summed E-state index contributed by atoms with van der Waals surface area (Å²) in [6.45, 7) is 2.17. The molecule has 0 saturated carbocycles. The second-order valence-corrected chi connectivity index (χ2v) is 4.75. The maximum atomic E-state index is 12.0. The monoisotopic (exact) mass is 270 g/mol. The molecule has 0 aliphatic rings. The summed E-state index contributed by atoms with van der Waals surface area (Å²) in [5, 5.41) is 12.5. The average molecular weight is 270 g/mol. The molecule has 1 unspecified atom stereocenters. The first-order chi connectivity index (χ1) is 9.58. The molecule has 0 heterocycles. The van der Waals surface area contributed by atoms with Gasteiger partial charge in [-0.15, -0.1) is 0 Å². The third kappa shape index (κ3) is 3.36. The van der Waals surface area contributed by atoms with Crippen LogP contribution in [0.25, 0.3) is 0 Å². The van der Waals surface area contributed by atoms with E-state index in [1.165, 1.54) is 0 Å². The first-order valence-electron chi connectivity index (χ1n) is 6.46. The van der Waals surface area contributed by atoms with Gasteiger partial charge in [-0.1, -0.05) is 36.4 Å². The number of rotatable bonds is 4. The number of benzene rings is 2. The lowest BCUT2D eigenvalue weighted by Crippen LogP contribution is -2.31. The summed E-state index contributed by atoms with van der Waals surface area (Å²) < 4.78 is 0. The maximum Gasteiger partial charge on any atom is 0.255 e. The van der Waals surface area contributed by atoms with Crippen molar-refractivity contribution in [2.24, 2.45) is 5.73 Å². The van der Waals surface area contributed by atoms with Crippen molar-refractivity contribution in [3.8, 4) is 5.75 Å². The largest absolute Gasteiger partial charge is 0.507 e. The second-order valence-electron chi connectivity index (χ2n) is 4.75. The van der Waals surface area contributed by atoms with Gasteiger partial charge in [0, 0.05) is 12.6 Å².